The number of aromatic nitrogens is 1. The maximum absolute atomic E-state index is 14.2. The molecule has 2 heterocycles. The number of ether oxygens (including phenoxy) is 5. The minimum atomic E-state index is -0.827. The summed E-state index contributed by atoms with van der Waals surface area (Å²) in [6, 6.07) is 24.4. The molecule has 0 fully saturated rings. The van der Waals surface area contributed by atoms with Crippen molar-refractivity contribution in [2.24, 2.45) is 4.99 Å². The summed E-state index contributed by atoms with van der Waals surface area (Å²) < 4.78 is 30.7. The topological polar surface area (TPSA) is 97.6 Å². The molecule has 0 saturated carbocycles. The molecule has 0 bridgehead atoms. The van der Waals surface area contributed by atoms with Crippen LogP contribution in [-0.2, 0) is 16.1 Å². The first-order chi connectivity index (χ1) is 23.4. The second-order valence-electron chi connectivity index (χ2n) is 11.0. The molecular formula is C38H36N2O7S. The largest absolute Gasteiger partial charge is 0.497 e. The van der Waals surface area contributed by atoms with E-state index >= 15 is 0 Å². The second-order valence-corrected chi connectivity index (χ2v) is 12.0. The smallest absolute Gasteiger partial charge is 0.338 e. The van der Waals surface area contributed by atoms with Gasteiger partial charge >= 0.3 is 5.97 Å². The molecule has 1 aliphatic rings. The molecule has 6 rings (SSSR count). The van der Waals surface area contributed by atoms with E-state index in [9.17, 15) is 9.59 Å². The summed E-state index contributed by atoms with van der Waals surface area (Å²) in [5.41, 5.74) is 2.86. The summed E-state index contributed by atoms with van der Waals surface area (Å²) in [4.78, 5) is 32.7. The highest BCUT2D eigenvalue weighted by Crippen LogP contribution is 2.38. The van der Waals surface area contributed by atoms with Crippen LogP contribution in [-0.4, -0.2) is 38.0 Å². The Hall–Kier alpha value is -5.35. The van der Waals surface area contributed by atoms with Crippen LogP contribution >= 0.6 is 11.3 Å². The minimum Gasteiger partial charge on any atom is -0.497 e. The molecule has 9 nitrogen and oxygen atoms in total. The molecule has 0 radical (unpaired) electrons. The zero-order chi connectivity index (χ0) is 33.8. The van der Waals surface area contributed by atoms with Gasteiger partial charge in [-0.05, 0) is 73.0 Å². The minimum absolute atomic E-state index is 0.177. The molecule has 1 aliphatic heterocycles. The average molecular weight is 665 g/mol. The van der Waals surface area contributed by atoms with Crippen LogP contribution in [0.25, 0.3) is 16.8 Å². The van der Waals surface area contributed by atoms with Crippen LogP contribution in [0.1, 0.15) is 43.5 Å². The molecule has 4 aromatic carbocycles. The van der Waals surface area contributed by atoms with Gasteiger partial charge in [0.15, 0.2) is 16.3 Å². The zero-order valence-corrected chi connectivity index (χ0v) is 28.3. The van der Waals surface area contributed by atoms with Gasteiger partial charge in [0.1, 0.15) is 24.1 Å². The molecule has 0 aliphatic carbocycles. The number of nitrogens with zero attached hydrogens (tertiary/aromatic N) is 2. The van der Waals surface area contributed by atoms with Crippen molar-refractivity contribution < 1.29 is 28.5 Å². The molecule has 246 valence electrons. The Morgan fingerprint density at radius 3 is 2.48 bits per heavy atom. The number of allylic oxidation sites excluding steroid dienone is 1. The van der Waals surface area contributed by atoms with Crippen LogP contribution < -0.4 is 33.8 Å². The average Bonchev–Trinajstić information content (AvgIpc) is 3.40. The lowest BCUT2D eigenvalue weighted by molar-refractivity contribution is -0.139. The highest BCUT2D eigenvalue weighted by Gasteiger charge is 2.35. The Balaban J connectivity index is 1.40. The van der Waals surface area contributed by atoms with E-state index in [1.54, 1.807) is 45.2 Å². The van der Waals surface area contributed by atoms with Crippen LogP contribution in [0, 0.1) is 0 Å². The molecule has 0 amide bonds. The number of methoxy groups -OCH3 is 2. The first-order valence-corrected chi connectivity index (χ1v) is 16.5. The fourth-order valence-corrected chi connectivity index (χ4v) is 6.90. The zero-order valence-electron chi connectivity index (χ0n) is 27.4. The lowest BCUT2D eigenvalue weighted by atomic mass is 9.95. The van der Waals surface area contributed by atoms with Crippen LogP contribution in [0.15, 0.2) is 99.9 Å². The Bertz CT molecular complexity index is 2210. The van der Waals surface area contributed by atoms with E-state index in [2.05, 4.69) is 29.3 Å². The van der Waals surface area contributed by atoms with Crippen molar-refractivity contribution >= 4 is 34.2 Å². The summed E-state index contributed by atoms with van der Waals surface area (Å²) >= 11 is 1.24. The number of carbonyl (C=O) groups excluding carboxylic acids is 1. The Kier molecular flexibility index (Phi) is 9.63. The van der Waals surface area contributed by atoms with Gasteiger partial charge in [0.25, 0.3) is 5.56 Å². The molecular weight excluding hydrogens is 628 g/mol. The molecule has 5 aromatic rings. The number of thiazole rings is 1. The van der Waals surface area contributed by atoms with E-state index in [4.69, 9.17) is 23.7 Å². The first-order valence-electron chi connectivity index (χ1n) is 15.6. The number of rotatable bonds is 11. The van der Waals surface area contributed by atoms with Gasteiger partial charge < -0.3 is 23.7 Å². The fraction of sp³-hybridized carbons (Fsp3) is 0.237. The van der Waals surface area contributed by atoms with Gasteiger partial charge in [-0.25, -0.2) is 9.79 Å². The van der Waals surface area contributed by atoms with Crippen molar-refractivity contribution in [1.29, 1.82) is 0 Å². The van der Waals surface area contributed by atoms with E-state index in [0.717, 1.165) is 21.9 Å². The van der Waals surface area contributed by atoms with E-state index in [-0.39, 0.29) is 17.7 Å². The Morgan fingerprint density at radius 2 is 1.71 bits per heavy atom. The van der Waals surface area contributed by atoms with Crippen molar-refractivity contribution in [2.75, 3.05) is 27.4 Å². The molecule has 1 aromatic heterocycles. The molecule has 48 heavy (non-hydrogen) atoms. The Labute approximate surface area is 281 Å². The number of hydrogen-bond acceptors (Lipinski definition) is 9. The summed E-state index contributed by atoms with van der Waals surface area (Å²) in [5.74, 6) is 1.67. The summed E-state index contributed by atoms with van der Waals surface area (Å²) in [7, 11) is 3.10. The van der Waals surface area contributed by atoms with Gasteiger partial charge in [-0.1, -0.05) is 59.9 Å². The third-order valence-electron chi connectivity index (χ3n) is 8.08. The van der Waals surface area contributed by atoms with Gasteiger partial charge in [0.05, 0.1) is 43.2 Å². The van der Waals surface area contributed by atoms with Crippen LogP contribution in [0.3, 0.4) is 0 Å². The predicted octanol–water partition coefficient (Wildman–Crippen LogP) is 5.95. The molecule has 1 atom stereocenters. The molecule has 0 unspecified atom stereocenters. The summed E-state index contributed by atoms with van der Waals surface area (Å²) in [6.45, 7) is 6.39. The van der Waals surface area contributed by atoms with Crippen LogP contribution in [0.2, 0.25) is 0 Å². The van der Waals surface area contributed by atoms with Crippen molar-refractivity contribution in [2.45, 2.75) is 33.4 Å². The van der Waals surface area contributed by atoms with Crippen molar-refractivity contribution in [3.8, 4) is 23.0 Å². The van der Waals surface area contributed by atoms with Crippen molar-refractivity contribution in [3.05, 3.63) is 127 Å². The standard InChI is InChI=1S/C38H36N2O7S/c1-6-45-32-19-24(15-18-30(32)47-22-26-13-10-12-25-11-8-9-14-28(25)26)20-33-36(41)40-35(29-17-16-27(43-4)21-31(29)44-5)34(37(42)46-7-2)23(3)39-38(40)48-33/h8-21,35H,6-7,22H2,1-5H3/b33-20-/t35-/m0/s1. The van der Waals surface area contributed by atoms with Gasteiger partial charge in [-0.3, -0.25) is 9.36 Å². The summed E-state index contributed by atoms with van der Waals surface area (Å²) in [5, 5.41) is 2.29. The number of hydrogen-bond donors (Lipinski definition) is 0. The monoisotopic (exact) mass is 664 g/mol. The quantitative estimate of drug-likeness (QED) is 0.161. The Morgan fingerprint density at radius 1 is 0.896 bits per heavy atom. The third kappa shape index (κ3) is 6.31. The SMILES string of the molecule is CCOC(=O)C1=C(C)N=c2s/c(=C\c3ccc(OCc4cccc5ccccc45)c(OCC)c3)c(=O)n2[C@H]1c1ccc(OC)cc1OC. The highest BCUT2D eigenvalue weighted by molar-refractivity contribution is 7.07. The maximum atomic E-state index is 14.2. The van der Waals surface area contributed by atoms with Crippen LogP contribution in [0.5, 0.6) is 23.0 Å². The van der Waals surface area contributed by atoms with Gasteiger partial charge in [-0.2, -0.15) is 0 Å². The van der Waals surface area contributed by atoms with Crippen LogP contribution in [0.4, 0.5) is 0 Å². The molecule has 0 N–H and O–H groups in total. The normalized spacial score (nSPS) is 14.4. The molecule has 0 spiro atoms. The van der Waals surface area contributed by atoms with E-state index in [1.807, 2.05) is 43.3 Å². The maximum Gasteiger partial charge on any atom is 0.338 e. The number of benzene rings is 4. The van der Waals surface area contributed by atoms with E-state index in [1.165, 1.54) is 23.0 Å². The first kappa shape index (κ1) is 32.6. The van der Waals surface area contributed by atoms with Crippen molar-refractivity contribution in [1.82, 2.24) is 4.57 Å². The van der Waals surface area contributed by atoms with Gasteiger partial charge in [0.2, 0.25) is 0 Å². The number of carbonyl (C=O) groups is 1. The number of fused-ring (bicyclic) bond motifs is 2. The summed E-state index contributed by atoms with van der Waals surface area (Å²) in [6.07, 6.45) is 1.80. The van der Waals surface area contributed by atoms with Crippen molar-refractivity contribution in [3.63, 3.8) is 0 Å². The molecule has 10 heteroatoms. The van der Waals surface area contributed by atoms with E-state index < -0.39 is 12.0 Å². The lowest BCUT2D eigenvalue weighted by Crippen LogP contribution is -2.40. The second kappa shape index (κ2) is 14.2. The third-order valence-corrected chi connectivity index (χ3v) is 9.06. The van der Waals surface area contributed by atoms with Gasteiger partial charge in [-0.15, -0.1) is 0 Å². The number of esters is 1. The predicted molar refractivity (Wildman–Crippen MR) is 186 cm³/mol. The lowest BCUT2D eigenvalue weighted by Gasteiger charge is -2.26. The van der Waals surface area contributed by atoms with E-state index in [0.29, 0.717) is 56.8 Å². The molecule has 0 saturated heterocycles. The fourth-order valence-electron chi connectivity index (χ4n) is 5.86. The van der Waals surface area contributed by atoms with Gasteiger partial charge in [0, 0.05) is 11.6 Å². The highest BCUT2D eigenvalue weighted by atomic mass is 32.1.